The molecule has 7 nitrogen and oxygen atoms in total. The maximum absolute atomic E-state index is 12.4. The summed E-state index contributed by atoms with van der Waals surface area (Å²) in [6, 6.07) is 11.4. The number of hydrogen-bond acceptors (Lipinski definition) is 5. The van der Waals surface area contributed by atoms with E-state index in [2.05, 4.69) is 5.32 Å². The Balaban J connectivity index is 1.57. The lowest BCUT2D eigenvalue weighted by molar-refractivity contribution is -0.151. The van der Waals surface area contributed by atoms with Crippen molar-refractivity contribution in [3.63, 3.8) is 0 Å². The molecular weight excluding hydrogens is 419 g/mol. The van der Waals surface area contributed by atoms with E-state index in [0.29, 0.717) is 27.2 Å². The topological polar surface area (TPSA) is 84.9 Å². The van der Waals surface area contributed by atoms with Crippen molar-refractivity contribution in [2.45, 2.75) is 6.42 Å². The van der Waals surface area contributed by atoms with E-state index < -0.39 is 24.4 Å². The van der Waals surface area contributed by atoms with Gasteiger partial charge in [-0.15, -0.1) is 0 Å². The minimum Gasteiger partial charge on any atom is -0.495 e. The number of carbonyl (C=O) groups is 3. The van der Waals surface area contributed by atoms with E-state index >= 15 is 0 Å². The van der Waals surface area contributed by atoms with Gasteiger partial charge in [-0.25, -0.2) is 0 Å². The standard InChI is InChI=1S/C20H18Cl2N2O5/c1-28-17-7-4-14(22)9-16(17)24-10-12(8-19(24)26)20(27)29-11-18(25)23-15-5-2-13(21)3-6-15/h2-7,9,12H,8,10-11H2,1H3,(H,23,25)/t12-/m1/s1. The highest BCUT2D eigenvalue weighted by Gasteiger charge is 2.37. The van der Waals surface area contributed by atoms with Crippen molar-refractivity contribution in [1.29, 1.82) is 0 Å². The van der Waals surface area contributed by atoms with Crippen LogP contribution >= 0.6 is 23.2 Å². The Kier molecular flexibility index (Phi) is 6.61. The lowest BCUT2D eigenvalue weighted by atomic mass is 10.1. The molecule has 3 rings (SSSR count). The van der Waals surface area contributed by atoms with Gasteiger partial charge in [0.25, 0.3) is 5.91 Å². The van der Waals surface area contributed by atoms with E-state index in [1.165, 1.54) is 12.0 Å². The minimum atomic E-state index is -0.686. The van der Waals surface area contributed by atoms with Crippen LogP contribution in [0.4, 0.5) is 11.4 Å². The minimum absolute atomic E-state index is 0.0205. The van der Waals surface area contributed by atoms with E-state index in [-0.39, 0.29) is 18.9 Å². The summed E-state index contributed by atoms with van der Waals surface area (Å²) in [7, 11) is 1.48. The molecule has 0 radical (unpaired) electrons. The van der Waals surface area contributed by atoms with Crippen LogP contribution in [0.15, 0.2) is 42.5 Å². The summed E-state index contributed by atoms with van der Waals surface area (Å²) in [6.07, 6.45) is -0.0205. The predicted octanol–water partition coefficient (Wildman–Crippen LogP) is 3.54. The van der Waals surface area contributed by atoms with Crippen molar-refractivity contribution >= 4 is 52.4 Å². The van der Waals surface area contributed by atoms with Gasteiger partial charge < -0.3 is 19.7 Å². The summed E-state index contributed by atoms with van der Waals surface area (Å²) in [4.78, 5) is 38.1. The van der Waals surface area contributed by atoms with E-state index in [0.717, 1.165) is 0 Å². The third-order valence-electron chi connectivity index (χ3n) is 4.36. The highest BCUT2D eigenvalue weighted by molar-refractivity contribution is 6.31. The van der Waals surface area contributed by atoms with Crippen LogP contribution in [-0.2, 0) is 19.1 Å². The van der Waals surface area contributed by atoms with E-state index in [9.17, 15) is 14.4 Å². The Hall–Kier alpha value is -2.77. The number of methoxy groups -OCH3 is 1. The lowest BCUT2D eigenvalue weighted by Crippen LogP contribution is -2.28. The fourth-order valence-electron chi connectivity index (χ4n) is 2.96. The number of halogens is 2. The van der Waals surface area contributed by atoms with E-state index in [1.54, 1.807) is 42.5 Å². The molecule has 1 aliphatic heterocycles. The summed E-state index contributed by atoms with van der Waals surface area (Å²) in [5, 5.41) is 3.58. The molecule has 0 saturated carbocycles. The molecule has 0 aliphatic carbocycles. The van der Waals surface area contributed by atoms with Gasteiger partial charge in [-0.05, 0) is 42.5 Å². The molecular formula is C20H18Cl2N2O5. The second-order valence-electron chi connectivity index (χ2n) is 6.38. The van der Waals surface area contributed by atoms with Crippen LogP contribution in [0.2, 0.25) is 10.0 Å². The molecule has 1 N–H and O–H groups in total. The van der Waals surface area contributed by atoms with Gasteiger partial charge in [0.05, 0.1) is 18.7 Å². The number of rotatable bonds is 6. The Morgan fingerprint density at radius 1 is 1.14 bits per heavy atom. The maximum atomic E-state index is 12.4. The lowest BCUT2D eigenvalue weighted by Gasteiger charge is -2.19. The SMILES string of the molecule is COc1ccc(Cl)cc1N1C[C@H](C(=O)OCC(=O)Nc2ccc(Cl)cc2)CC1=O. The average molecular weight is 437 g/mol. The molecule has 0 aromatic heterocycles. The van der Waals surface area contributed by atoms with Crippen molar-refractivity contribution < 1.29 is 23.9 Å². The number of esters is 1. The number of carbonyl (C=O) groups excluding carboxylic acids is 3. The van der Waals surface area contributed by atoms with Gasteiger partial charge in [0.1, 0.15) is 5.75 Å². The van der Waals surface area contributed by atoms with Gasteiger partial charge >= 0.3 is 5.97 Å². The van der Waals surface area contributed by atoms with Gasteiger partial charge in [-0.1, -0.05) is 23.2 Å². The molecule has 0 bridgehead atoms. The van der Waals surface area contributed by atoms with Crippen molar-refractivity contribution in [3.8, 4) is 5.75 Å². The second kappa shape index (κ2) is 9.15. The zero-order chi connectivity index (χ0) is 21.0. The van der Waals surface area contributed by atoms with Crippen LogP contribution in [0, 0.1) is 5.92 Å². The molecule has 0 unspecified atom stereocenters. The Bertz CT molecular complexity index is 933. The number of nitrogens with one attached hydrogen (secondary N) is 1. The van der Waals surface area contributed by atoms with Crippen LogP contribution in [0.1, 0.15) is 6.42 Å². The fourth-order valence-corrected chi connectivity index (χ4v) is 3.25. The third kappa shape index (κ3) is 5.19. The monoisotopic (exact) mass is 436 g/mol. The molecule has 29 heavy (non-hydrogen) atoms. The number of anilines is 2. The first kappa shape index (κ1) is 21.0. The zero-order valence-corrected chi connectivity index (χ0v) is 17.0. The van der Waals surface area contributed by atoms with Crippen molar-refractivity contribution in [2.75, 3.05) is 30.5 Å². The summed E-state index contributed by atoms with van der Waals surface area (Å²) in [5.41, 5.74) is 1.02. The summed E-state index contributed by atoms with van der Waals surface area (Å²) < 4.78 is 10.4. The largest absolute Gasteiger partial charge is 0.495 e. The first-order chi connectivity index (χ1) is 13.9. The molecule has 2 amide bonds. The molecule has 1 saturated heterocycles. The second-order valence-corrected chi connectivity index (χ2v) is 7.26. The number of amides is 2. The molecule has 2 aromatic carbocycles. The van der Waals surface area contributed by atoms with Crippen LogP contribution < -0.4 is 15.0 Å². The van der Waals surface area contributed by atoms with Crippen molar-refractivity contribution in [3.05, 3.63) is 52.5 Å². The average Bonchev–Trinajstić information content (AvgIpc) is 3.09. The van der Waals surface area contributed by atoms with Crippen LogP contribution in [-0.4, -0.2) is 38.0 Å². The quantitative estimate of drug-likeness (QED) is 0.699. The van der Waals surface area contributed by atoms with Gasteiger partial charge in [0, 0.05) is 28.7 Å². The van der Waals surface area contributed by atoms with Crippen LogP contribution in [0.25, 0.3) is 0 Å². The van der Waals surface area contributed by atoms with Gasteiger partial charge in [0.15, 0.2) is 6.61 Å². The normalized spacial score (nSPS) is 15.9. The smallest absolute Gasteiger partial charge is 0.311 e. The van der Waals surface area contributed by atoms with Crippen molar-refractivity contribution in [2.24, 2.45) is 5.92 Å². The number of hydrogen-bond donors (Lipinski definition) is 1. The molecule has 0 spiro atoms. The Morgan fingerprint density at radius 2 is 1.83 bits per heavy atom. The first-order valence-corrected chi connectivity index (χ1v) is 9.49. The number of nitrogens with zero attached hydrogens (tertiary/aromatic N) is 1. The highest BCUT2D eigenvalue weighted by Crippen LogP contribution is 2.35. The molecule has 1 fully saturated rings. The molecule has 1 heterocycles. The first-order valence-electron chi connectivity index (χ1n) is 8.73. The fraction of sp³-hybridized carbons (Fsp3) is 0.250. The summed E-state index contributed by atoms with van der Waals surface area (Å²) in [5.74, 6) is -1.57. The molecule has 2 aromatic rings. The van der Waals surface area contributed by atoms with Gasteiger partial charge in [0.2, 0.25) is 5.91 Å². The number of ether oxygens (including phenoxy) is 2. The third-order valence-corrected chi connectivity index (χ3v) is 4.85. The van der Waals surface area contributed by atoms with E-state index in [4.69, 9.17) is 32.7 Å². The molecule has 152 valence electrons. The van der Waals surface area contributed by atoms with Gasteiger partial charge in [-0.3, -0.25) is 14.4 Å². The predicted molar refractivity (Wildman–Crippen MR) is 110 cm³/mol. The zero-order valence-electron chi connectivity index (χ0n) is 15.5. The van der Waals surface area contributed by atoms with Crippen LogP contribution in [0.5, 0.6) is 5.75 Å². The highest BCUT2D eigenvalue weighted by atomic mass is 35.5. The summed E-state index contributed by atoms with van der Waals surface area (Å²) >= 11 is 11.8. The Morgan fingerprint density at radius 3 is 2.52 bits per heavy atom. The molecule has 1 atom stereocenters. The van der Waals surface area contributed by atoms with Crippen molar-refractivity contribution in [1.82, 2.24) is 0 Å². The number of benzene rings is 2. The Labute approximate surface area is 177 Å². The molecule has 1 aliphatic rings. The summed E-state index contributed by atoms with van der Waals surface area (Å²) in [6.45, 7) is -0.334. The van der Waals surface area contributed by atoms with Crippen LogP contribution in [0.3, 0.4) is 0 Å². The maximum Gasteiger partial charge on any atom is 0.311 e. The molecule has 9 heteroatoms. The van der Waals surface area contributed by atoms with E-state index in [1.807, 2.05) is 0 Å². The van der Waals surface area contributed by atoms with Gasteiger partial charge in [-0.2, -0.15) is 0 Å².